The number of carbonyl (C=O) groups is 2. The Hall–Kier alpha value is -0.920. The van der Waals surface area contributed by atoms with Gasteiger partial charge < -0.3 is 14.7 Å². The van der Waals surface area contributed by atoms with Gasteiger partial charge in [0, 0.05) is 24.2 Å². The molecule has 0 aliphatic carbocycles. The Balaban J connectivity index is 2.05. The van der Waals surface area contributed by atoms with Crippen molar-refractivity contribution in [2.75, 3.05) is 19.7 Å². The number of ether oxygens (including phenoxy) is 1. The van der Waals surface area contributed by atoms with Crippen LogP contribution in [0.3, 0.4) is 0 Å². The Morgan fingerprint density at radius 2 is 2.35 bits per heavy atom. The normalized spacial score (nSPS) is 18.1. The van der Waals surface area contributed by atoms with Gasteiger partial charge in [0.1, 0.15) is 4.88 Å². The van der Waals surface area contributed by atoms with Gasteiger partial charge in [0.2, 0.25) is 0 Å². The molecule has 1 aliphatic heterocycles. The fourth-order valence-corrected chi connectivity index (χ4v) is 3.64. The first-order chi connectivity index (χ1) is 9.58. The SMILES string of the molecule is O=C(O)CCN(C[C@@H]1CCCO1)C(=O)c1sccc1Br. The van der Waals surface area contributed by atoms with E-state index in [1.165, 1.54) is 11.3 Å². The van der Waals surface area contributed by atoms with Crippen molar-refractivity contribution in [1.82, 2.24) is 4.90 Å². The van der Waals surface area contributed by atoms with E-state index in [0.717, 1.165) is 17.3 Å². The third kappa shape index (κ3) is 4.04. The molecule has 20 heavy (non-hydrogen) atoms. The van der Waals surface area contributed by atoms with Gasteiger partial charge in [-0.15, -0.1) is 11.3 Å². The van der Waals surface area contributed by atoms with E-state index in [4.69, 9.17) is 9.84 Å². The molecule has 5 nitrogen and oxygen atoms in total. The predicted octanol–water partition coefficient (Wildman–Crippen LogP) is 2.61. The number of hydrogen-bond acceptors (Lipinski definition) is 4. The lowest BCUT2D eigenvalue weighted by molar-refractivity contribution is -0.137. The van der Waals surface area contributed by atoms with Crippen LogP contribution in [-0.4, -0.2) is 47.7 Å². The van der Waals surface area contributed by atoms with Crippen molar-refractivity contribution in [2.24, 2.45) is 0 Å². The molecule has 2 heterocycles. The molecule has 0 unspecified atom stereocenters. The number of nitrogens with zero attached hydrogens (tertiary/aromatic N) is 1. The second-order valence-electron chi connectivity index (χ2n) is 4.63. The molecule has 1 N–H and O–H groups in total. The maximum Gasteiger partial charge on any atom is 0.305 e. The molecule has 0 bridgehead atoms. The quantitative estimate of drug-likeness (QED) is 0.845. The molecule has 1 aromatic rings. The van der Waals surface area contributed by atoms with Crippen LogP contribution in [0, 0.1) is 0 Å². The molecule has 7 heteroatoms. The number of halogens is 1. The number of amides is 1. The molecule has 0 spiro atoms. The van der Waals surface area contributed by atoms with Gasteiger partial charge in [-0.3, -0.25) is 9.59 Å². The highest BCUT2D eigenvalue weighted by atomic mass is 79.9. The number of carbonyl (C=O) groups excluding carboxylic acids is 1. The highest BCUT2D eigenvalue weighted by Crippen LogP contribution is 2.25. The fraction of sp³-hybridized carbons (Fsp3) is 0.538. The van der Waals surface area contributed by atoms with E-state index in [1.807, 2.05) is 11.4 Å². The Morgan fingerprint density at radius 3 is 2.90 bits per heavy atom. The second kappa shape index (κ2) is 7.19. The minimum Gasteiger partial charge on any atom is -0.481 e. The van der Waals surface area contributed by atoms with Crippen molar-refractivity contribution in [3.63, 3.8) is 0 Å². The summed E-state index contributed by atoms with van der Waals surface area (Å²) in [5.74, 6) is -1.04. The summed E-state index contributed by atoms with van der Waals surface area (Å²) in [6.07, 6.45) is 1.88. The zero-order valence-electron chi connectivity index (χ0n) is 10.9. The van der Waals surface area contributed by atoms with Crippen LogP contribution < -0.4 is 0 Å². The van der Waals surface area contributed by atoms with Crippen molar-refractivity contribution in [1.29, 1.82) is 0 Å². The zero-order chi connectivity index (χ0) is 14.5. The molecule has 0 aromatic carbocycles. The van der Waals surface area contributed by atoms with Crippen LogP contribution in [0.1, 0.15) is 28.9 Å². The van der Waals surface area contributed by atoms with Crippen molar-refractivity contribution in [3.05, 3.63) is 20.8 Å². The third-order valence-corrected chi connectivity index (χ3v) is 4.97. The van der Waals surface area contributed by atoms with Crippen molar-refractivity contribution >= 4 is 39.1 Å². The van der Waals surface area contributed by atoms with Gasteiger partial charge in [-0.2, -0.15) is 0 Å². The number of thiophene rings is 1. The Bertz CT molecular complexity index is 484. The second-order valence-corrected chi connectivity index (χ2v) is 6.40. The molecular weight excluding hydrogens is 346 g/mol. The number of carboxylic acids is 1. The minimum absolute atomic E-state index is 0.0199. The first-order valence-electron chi connectivity index (χ1n) is 6.43. The predicted molar refractivity (Wildman–Crippen MR) is 79.1 cm³/mol. The highest BCUT2D eigenvalue weighted by molar-refractivity contribution is 9.10. The fourth-order valence-electron chi connectivity index (χ4n) is 2.13. The summed E-state index contributed by atoms with van der Waals surface area (Å²) < 4.78 is 6.29. The van der Waals surface area contributed by atoms with E-state index >= 15 is 0 Å². The first kappa shape index (κ1) is 15.5. The van der Waals surface area contributed by atoms with Gasteiger partial charge in [-0.1, -0.05) is 0 Å². The zero-order valence-corrected chi connectivity index (χ0v) is 13.3. The smallest absolute Gasteiger partial charge is 0.305 e. The van der Waals surface area contributed by atoms with E-state index < -0.39 is 5.97 Å². The molecule has 1 amide bonds. The molecule has 0 saturated carbocycles. The van der Waals surface area contributed by atoms with Gasteiger partial charge >= 0.3 is 5.97 Å². The van der Waals surface area contributed by atoms with E-state index in [0.29, 0.717) is 18.0 Å². The highest BCUT2D eigenvalue weighted by Gasteiger charge is 2.25. The van der Waals surface area contributed by atoms with Crippen LogP contribution in [0.25, 0.3) is 0 Å². The van der Waals surface area contributed by atoms with Crippen LogP contribution in [0.5, 0.6) is 0 Å². The molecule has 1 atom stereocenters. The average molecular weight is 362 g/mol. The minimum atomic E-state index is -0.902. The Morgan fingerprint density at radius 1 is 1.55 bits per heavy atom. The number of hydrogen-bond donors (Lipinski definition) is 1. The largest absolute Gasteiger partial charge is 0.481 e. The lowest BCUT2D eigenvalue weighted by atomic mass is 10.2. The van der Waals surface area contributed by atoms with Crippen molar-refractivity contribution < 1.29 is 19.4 Å². The van der Waals surface area contributed by atoms with E-state index in [1.54, 1.807) is 4.90 Å². The molecule has 110 valence electrons. The molecule has 1 aromatic heterocycles. The van der Waals surface area contributed by atoms with Crippen LogP contribution in [0.4, 0.5) is 0 Å². The molecule has 1 saturated heterocycles. The number of carboxylic acid groups (broad SMARTS) is 1. The Kier molecular flexibility index (Phi) is 5.56. The summed E-state index contributed by atoms with van der Waals surface area (Å²) in [7, 11) is 0. The van der Waals surface area contributed by atoms with Crippen LogP contribution in [0.15, 0.2) is 15.9 Å². The van der Waals surface area contributed by atoms with Gasteiger partial charge in [-0.05, 0) is 40.2 Å². The summed E-state index contributed by atoms with van der Waals surface area (Å²) in [5.41, 5.74) is 0. The van der Waals surface area contributed by atoms with Gasteiger partial charge in [-0.25, -0.2) is 0 Å². The maximum atomic E-state index is 12.5. The summed E-state index contributed by atoms with van der Waals surface area (Å²) in [6.45, 7) is 1.38. The van der Waals surface area contributed by atoms with Gasteiger partial charge in [0.05, 0.1) is 12.5 Å². The lowest BCUT2D eigenvalue weighted by Gasteiger charge is -2.24. The van der Waals surface area contributed by atoms with E-state index in [-0.39, 0.29) is 25.0 Å². The summed E-state index contributed by atoms with van der Waals surface area (Å²) in [6, 6.07) is 1.82. The van der Waals surface area contributed by atoms with Crippen molar-refractivity contribution in [2.45, 2.75) is 25.4 Å². The molecule has 0 radical (unpaired) electrons. The van der Waals surface area contributed by atoms with Crippen LogP contribution >= 0.6 is 27.3 Å². The first-order valence-corrected chi connectivity index (χ1v) is 8.11. The topological polar surface area (TPSA) is 66.8 Å². The van der Waals surface area contributed by atoms with Gasteiger partial charge in [0.25, 0.3) is 5.91 Å². The number of rotatable bonds is 6. The van der Waals surface area contributed by atoms with Crippen molar-refractivity contribution in [3.8, 4) is 0 Å². The standard InChI is InChI=1S/C13H16BrNO4S/c14-10-4-7-20-12(10)13(18)15(5-3-11(16)17)8-9-2-1-6-19-9/h4,7,9H,1-3,5-6,8H2,(H,16,17)/t9-/m0/s1. The maximum absolute atomic E-state index is 12.5. The third-order valence-electron chi connectivity index (χ3n) is 3.14. The monoisotopic (exact) mass is 361 g/mol. The summed E-state index contributed by atoms with van der Waals surface area (Å²) in [5, 5.41) is 10.6. The molecule has 2 rings (SSSR count). The average Bonchev–Trinajstić information content (AvgIpc) is 3.04. The van der Waals surface area contributed by atoms with Crippen LogP contribution in [0.2, 0.25) is 0 Å². The van der Waals surface area contributed by atoms with Crippen LogP contribution in [-0.2, 0) is 9.53 Å². The number of aliphatic carboxylic acids is 1. The molecule has 1 aliphatic rings. The molecule has 1 fully saturated rings. The lowest BCUT2D eigenvalue weighted by Crippen LogP contribution is -2.38. The molecular formula is C13H16BrNO4S. The van der Waals surface area contributed by atoms with Gasteiger partial charge in [0.15, 0.2) is 0 Å². The van der Waals surface area contributed by atoms with E-state index in [2.05, 4.69) is 15.9 Å². The Labute approximate surface area is 129 Å². The summed E-state index contributed by atoms with van der Waals surface area (Å²) in [4.78, 5) is 25.4. The summed E-state index contributed by atoms with van der Waals surface area (Å²) >= 11 is 4.70. The van der Waals surface area contributed by atoms with E-state index in [9.17, 15) is 9.59 Å².